The van der Waals surface area contributed by atoms with Crippen molar-refractivity contribution in [3.05, 3.63) is 71.8 Å². The van der Waals surface area contributed by atoms with E-state index < -0.39 is 0 Å². The summed E-state index contributed by atoms with van der Waals surface area (Å²) < 4.78 is 15.5. The lowest BCUT2D eigenvalue weighted by atomic mass is 10.1. The minimum Gasteiger partial charge on any atom is -0.355 e. The van der Waals surface area contributed by atoms with Crippen molar-refractivity contribution in [2.45, 2.75) is 43.8 Å². The molecule has 0 spiro atoms. The van der Waals surface area contributed by atoms with Gasteiger partial charge >= 0.3 is 0 Å². The molecule has 1 fully saturated rings. The van der Waals surface area contributed by atoms with Crippen LogP contribution in [0.4, 0.5) is 4.39 Å². The number of rotatable bonds is 9. The maximum absolute atomic E-state index is 13.6. The maximum atomic E-state index is 13.6. The zero-order valence-electron chi connectivity index (χ0n) is 18.9. The third kappa shape index (κ3) is 6.21. The topological polar surface area (TPSA) is 63.1 Å². The summed E-state index contributed by atoms with van der Waals surface area (Å²) in [5, 5.41) is 12.5. The molecule has 0 saturated carbocycles. The summed E-state index contributed by atoms with van der Waals surface area (Å²) in [5.41, 5.74) is 1.99. The molecule has 1 amide bonds. The molecule has 4 rings (SSSR count). The summed E-state index contributed by atoms with van der Waals surface area (Å²) in [5.74, 6) is 0.724. The molecule has 1 atom stereocenters. The Balaban J connectivity index is 1.44. The number of aromatic nitrogens is 3. The van der Waals surface area contributed by atoms with Crippen LogP contribution in [0.15, 0.2) is 59.8 Å². The Morgan fingerprint density at radius 3 is 2.52 bits per heavy atom. The van der Waals surface area contributed by atoms with Crippen molar-refractivity contribution in [2.75, 3.05) is 25.4 Å². The molecule has 1 saturated heterocycles. The highest BCUT2D eigenvalue weighted by atomic mass is 32.2. The van der Waals surface area contributed by atoms with Crippen LogP contribution >= 0.6 is 11.8 Å². The Bertz CT molecular complexity index is 1030. The summed E-state index contributed by atoms with van der Waals surface area (Å²) >= 11 is 1.35. The van der Waals surface area contributed by atoms with Crippen molar-refractivity contribution in [1.29, 1.82) is 0 Å². The Kier molecular flexibility index (Phi) is 8.12. The first kappa shape index (κ1) is 23.4. The van der Waals surface area contributed by atoms with E-state index in [1.165, 1.54) is 48.7 Å². The number of halogens is 1. The Morgan fingerprint density at radius 2 is 1.79 bits per heavy atom. The zero-order chi connectivity index (χ0) is 23.0. The van der Waals surface area contributed by atoms with Gasteiger partial charge in [-0.25, -0.2) is 4.39 Å². The SMILES string of the molecule is CC(c1nnc(SCC(=O)NCCc2ccccc2)n1-c1ccc(F)cc1)N1CCCCC1. The number of thioether (sulfide) groups is 1. The van der Waals surface area contributed by atoms with Crippen molar-refractivity contribution >= 4 is 17.7 Å². The van der Waals surface area contributed by atoms with Gasteiger partial charge in [0.1, 0.15) is 5.82 Å². The minimum atomic E-state index is -0.288. The molecule has 0 aliphatic carbocycles. The second kappa shape index (κ2) is 11.4. The van der Waals surface area contributed by atoms with Crippen LogP contribution in [-0.2, 0) is 11.2 Å². The van der Waals surface area contributed by atoms with Gasteiger partial charge in [-0.15, -0.1) is 10.2 Å². The highest BCUT2D eigenvalue weighted by molar-refractivity contribution is 7.99. The molecule has 174 valence electrons. The summed E-state index contributed by atoms with van der Waals surface area (Å²) in [7, 11) is 0. The monoisotopic (exact) mass is 467 g/mol. The number of carbonyl (C=O) groups excluding carboxylic acids is 1. The number of hydrogen-bond acceptors (Lipinski definition) is 5. The predicted molar refractivity (Wildman–Crippen MR) is 129 cm³/mol. The van der Waals surface area contributed by atoms with Crippen LogP contribution in [0.2, 0.25) is 0 Å². The number of amides is 1. The Labute approximate surface area is 198 Å². The highest BCUT2D eigenvalue weighted by Crippen LogP contribution is 2.29. The average Bonchev–Trinajstić information content (AvgIpc) is 3.28. The van der Waals surface area contributed by atoms with Crippen LogP contribution in [0.5, 0.6) is 0 Å². The Hall–Kier alpha value is -2.71. The molecule has 2 aromatic carbocycles. The number of likely N-dealkylation sites (tertiary alicyclic amines) is 1. The average molecular weight is 468 g/mol. The molecule has 6 nitrogen and oxygen atoms in total. The molecular formula is C25H30FN5OS. The number of benzene rings is 2. The largest absolute Gasteiger partial charge is 0.355 e. The van der Waals surface area contributed by atoms with Crippen LogP contribution in [0.3, 0.4) is 0 Å². The maximum Gasteiger partial charge on any atom is 0.230 e. The van der Waals surface area contributed by atoms with Crippen molar-refractivity contribution < 1.29 is 9.18 Å². The van der Waals surface area contributed by atoms with Gasteiger partial charge in [-0.2, -0.15) is 0 Å². The van der Waals surface area contributed by atoms with Gasteiger partial charge in [-0.1, -0.05) is 48.5 Å². The molecule has 1 unspecified atom stereocenters. The fourth-order valence-electron chi connectivity index (χ4n) is 4.12. The molecule has 33 heavy (non-hydrogen) atoms. The molecule has 1 N–H and O–H groups in total. The van der Waals surface area contributed by atoms with Gasteiger partial charge in [-0.3, -0.25) is 14.3 Å². The van der Waals surface area contributed by atoms with Crippen molar-refractivity contribution in [1.82, 2.24) is 25.0 Å². The first-order valence-corrected chi connectivity index (χ1v) is 12.5. The highest BCUT2D eigenvalue weighted by Gasteiger charge is 2.25. The molecule has 0 radical (unpaired) electrons. The van der Waals surface area contributed by atoms with E-state index in [1.807, 2.05) is 22.8 Å². The number of nitrogens with one attached hydrogen (secondary N) is 1. The second-order valence-corrected chi connectivity index (χ2v) is 9.24. The summed E-state index contributed by atoms with van der Waals surface area (Å²) in [4.78, 5) is 14.9. The molecule has 2 heterocycles. The van der Waals surface area contributed by atoms with E-state index in [4.69, 9.17) is 0 Å². The van der Waals surface area contributed by atoms with Crippen LogP contribution in [-0.4, -0.2) is 51.0 Å². The molecule has 1 aliphatic heterocycles. The predicted octanol–water partition coefficient (Wildman–Crippen LogP) is 4.40. The van der Waals surface area contributed by atoms with Gasteiger partial charge in [0.25, 0.3) is 0 Å². The van der Waals surface area contributed by atoms with Gasteiger partial charge in [0.05, 0.1) is 11.8 Å². The molecule has 3 aromatic rings. The zero-order valence-corrected chi connectivity index (χ0v) is 19.7. The van der Waals surface area contributed by atoms with Gasteiger partial charge in [0.2, 0.25) is 5.91 Å². The molecular weight excluding hydrogens is 437 g/mol. The van der Waals surface area contributed by atoms with E-state index in [0.29, 0.717) is 11.7 Å². The molecule has 0 bridgehead atoms. The normalized spacial score (nSPS) is 15.3. The van der Waals surface area contributed by atoms with Gasteiger partial charge in [0.15, 0.2) is 11.0 Å². The van der Waals surface area contributed by atoms with Gasteiger partial charge < -0.3 is 5.32 Å². The van der Waals surface area contributed by atoms with E-state index >= 15 is 0 Å². The van der Waals surface area contributed by atoms with Crippen LogP contribution in [0, 0.1) is 5.82 Å². The number of hydrogen-bond donors (Lipinski definition) is 1. The second-order valence-electron chi connectivity index (χ2n) is 8.30. The van der Waals surface area contributed by atoms with Crippen LogP contribution in [0.25, 0.3) is 5.69 Å². The fourth-order valence-corrected chi connectivity index (χ4v) is 4.91. The van der Waals surface area contributed by atoms with E-state index in [1.54, 1.807) is 12.1 Å². The van der Waals surface area contributed by atoms with Crippen molar-refractivity contribution in [2.24, 2.45) is 0 Å². The lowest BCUT2D eigenvalue weighted by Gasteiger charge is -2.31. The molecule has 1 aromatic heterocycles. The van der Waals surface area contributed by atoms with E-state index in [-0.39, 0.29) is 23.5 Å². The first-order chi connectivity index (χ1) is 16.1. The first-order valence-electron chi connectivity index (χ1n) is 11.5. The smallest absolute Gasteiger partial charge is 0.230 e. The molecule has 8 heteroatoms. The third-order valence-corrected chi connectivity index (χ3v) is 6.90. The minimum absolute atomic E-state index is 0.0461. The van der Waals surface area contributed by atoms with Crippen molar-refractivity contribution in [3.8, 4) is 5.69 Å². The summed E-state index contributed by atoms with van der Waals surface area (Å²) in [6.07, 6.45) is 4.41. The van der Waals surface area contributed by atoms with Crippen molar-refractivity contribution in [3.63, 3.8) is 0 Å². The Morgan fingerprint density at radius 1 is 1.06 bits per heavy atom. The third-order valence-electron chi connectivity index (χ3n) is 5.97. The molecule has 1 aliphatic rings. The fraction of sp³-hybridized carbons (Fsp3) is 0.400. The lowest BCUT2D eigenvalue weighted by Crippen LogP contribution is -2.33. The van der Waals surface area contributed by atoms with E-state index in [2.05, 4.69) is 39.5 Å². The van der Waals surface area contributed by atoms with Crippen LogP contribution in [0.1, 0.15) is 43.6 Å². The van der Waals surface area contributed by atoms with E-state index in [9.17, 15) is 9.18 Å². The van der Waals surface area contributed by atoms with E-state index in [0.717, 1.165) is 31.0 Å². The summed E-state index contributed by atoms with van der Waals surface area (Å²) in [6, 6.07) is 16.5. The van der Waals surface area contributed by atoms with Crippen LogP contribution < -0.4 is 5.32 Å². The summed E-state index contributed by atoms with van der Waals surface area (Å²) in [6.45, 7) is 4.79. The standard InChI is InChI=1S/C25H30FN5OS/c1-19(30-16-6-3-7-17-30)24-28-29-25(31(24)22-12-10-21(26)11-13-22)33-18-23(32)27-15-14-20-8-4-2-5-9-20/h2,4-5,8-13,19H,3,6-7,14-18H2,1H3,(H,27,32). The van der Waals surface area contributed by atoms with Gasteiger partial charge in [0, 0.05) is 12.2 Å². The lowest BCUT2D eigenvalue weighted by molar-refractivity contribution is -0.118. The number of nitrogens with zero attached hydrogens (tertiary/aromatic N) is 4. The van der Waals surface area contributed by atoms with Gasteiger partial charge in [-0.05, 0) is 69.1 Å². The number of piperidine rings is 1. The number of carbonyl (C=O) groups is 1. The quantitative estimate of drug-likeness (QED) is 0.473.